The lowest BCUT2D eigenvalue weighted by atomic mass is 10.1. The zero-order chi connectivity index (χ0) is 15.4. The van der Waals surface area contributed by atoms with Gasteiger partial charge in [-0.05, 0) is 6.07 Å². The molecule has 4 N–H and O–H groups in total. The molecule has 1 aromatic carbocycles. The zero-order valence-corrected chi connectivity index (χ0v) is 10.9. The van der Waals surface area contributed by atoms with E-state index in [9.17, 15) is 14.4 Å². The maximum atomic E-state index is 12.0. The molecule has 0 spiro atoms. The van der Waals surface area contributed by atoms with Crippen molar-refractivity contribution < 1.29 is 19.8 Å². The fraction of sp³-hybridized carbons (Fsp3) is 0.231. The van der Waals surface area contributed by atoms with E-state index < -0.39 is 23.5 Å². The van der Waals surface area contributed by atoms with Crippen molar-refractivity contribution in [3.8, 4) is 0 Å². The topological polar surface area (TPSA) is 132 Å². The van der Waals surface area contributed by atoms with Crippen LogP contribution in [0.15, 0.2) is 29.1 Å². The van der Waals surface area contributed by atoms with Crippen LogP contribution in [0.4, 0.5) is 0 Å². The van der Waals surface area contributed by atoms with Crippen LogP contribution in [0.1, 0.15) is 16.9 Å². The van der Waals surface area contributed by atoms with E-state index in [1.54, 1.807) is 24.3 Å². The summed E-state index contributed by atoms with van der Waals surface area (Å²) in [4.78, 5) is 34.0. The fourth-order valence-corrected chi connectivity index (χ4v) is 1.82. The number of nitrogens with zero attached hydrogens (tertiary/aromatic N) is 1. The van der Waals surface area contributed by atoms with E-state index in [0.29, 0.717) is 10.8 Å². The van der Waals surface area contributed by atoms with Crippen molar-refractivity contribution >= 4 is 22.6 Å². The van der Waals surface area contributed by atoms with Gasteiger partial charge in [-0.3, -0.25) is 9.59 Å². The molecule has 1 heterocycles. The summed E-state index contributed by atoms with van der Waals surface area (Å²) < 4.78 is 0. The third kappa shape index (κ3) is 3.23. The molecule has 1 atom stereocenters. The smallest absolute Gasteiger partial charge is 0.332 e. The number of aliphatic hydroxyl groups excluding tert-OH is 1. The standard InChI is InChI=1S/C13H13N3O5/c17-9(13(20)21)5-6-14-12(19)10-7-3-1-2-4-8(7)11(18)16-15-10/h1-4,9,17H,5-6H2,(H,14,19)(H,16,18)(H,20,21). The van der Waals surface area contributed by atoms with Crippen LogP contribution < -0.4 is 10.9 Å². The first kappa shape index (κ1) is 14.7. The number of nitrogens with one attached hydrogen (secondary N) is 2. The summed E-state index contributed by atoms with van der Waals surface area (Å²) in [5.41, 5.74) is -0.363. The summed E-state index contributed by atoms with van der Waals surface area (Å²) in [7, 11) is 0. The lowest BCUT2D eigenvalue weighted by Gasteiger charge is -2.08. The number of aliphatic carboxylic acids is 1. The number of carboxylic acids is 1. The van der Waals surface area contributed by atoms with Crippen LogP contribution in [0, 0.1) is 0 Å². The number of H-pyrrole nitrogens is 1. The summed E-state index contributed by atoms with van der Waals surface area (Å²) in [6.45, 7) is -0.0264. The van der Waals surface area contributed by atoms with Crippen LogP contribution in [0.2, 0.25) is 0 Å². The second-order valence-electron chi connectivity index (χ2n) is 4.35. The summed E-state index contributed by atoms with van der Waals surface area (Å²) in [5, 5.41) is 26.8. The Morgan fingerprint density at radius 3 is 2.62 bits per heavy atom. The molecule has 0 saturated heterocycles. The average Bonchev–Trinajstić information content (AvgIpc) is 2.47. The number of aromatic amines is 1. The molecule has 8 heteroatoms. The molecule has 21 heavy (non-hydrogen) atoms. The van der Waals surface area contributed by atoms with E-state index in [-0.39, 0.29) is 18.7 Å². The minimum absolute atomic E-state index is 0.0264. The van der Waals surface area contributed by atoms with Crippen molar-refractivity contribution in [1.82, 2.24) is 15.5 Å². The van der Waals surface area contributed by atoms with Crippen LogP contribution in [0.3, 0.4) is 0 Å². The van der Waals surface area contributed by atoms with Gasteiger partial charge in [-0.1, -0.05) is 18.2 Å². The third-order valence-corrected chi connectivity index (χ3v) is 2.90. The first-order chi connectivity index (χ1) is 10.0. The Kier molecular flexibility index (Phi) is 4.29. The SMILES string of the molecule is O=C(NCCC(O)C(=O)O)c1n[nH]c(=O)c2ccccc12. The van der Waals surface area contributed by atoms with E-state index >= 15 is 0 Å². The van der Waals surface area contributed by atoms with Gasteiger partial charge in [0, 0.05) is 18.4 Å². The molecule has 110 valence electrons. The van der Waals surface area contributed by atoms with Gasteiger partial charge in [0.2, 0.25) is 0 Å². The molecule has 8 nitrogen and oxygen atoms in total. The number of fused-ring (bicyclic) bond motifs is 1. The third-order valence-electron chi connectivity index (χ3n) is 2.90. The molecule has 0 radical (unpaired) electrons. The number of carbonyl (C=O) groups is 2. The van der Waals surface area contributed by atoms with Crippen molar-refractivity contribution in [2.24, 2.45) is 0 Å². The highest BCUT2D eigenvalue weighted by Crippen LogP contribution is 2.11. The second-order valence-corrected chi connectivity index (χ2v) is 4.35. The van der Waals surface area contributed by atoms with Gasteiger partial charge in [-0.15, -0.1) is 0 Å². The molecule has 2 aromatic rings. The van der Waals surface area contributed by atoms with Crippen molar-refractivity contribution in [3.05, 3.63) is 40.3 Å². The number of benzene rings is 1. The van der Waals surface area contributed by atoms with Gasteiger partial charge in [0.1, 0.15) is 0 Å². The first-order valence-electron chi connectivity index (χ1n) is 6.17. The van der Waals surface area contributed by atoms with Crippen LogP contribution in [0.5, 0.6) is 0 Å². The Morgan fingerprint density at radius 1 is 1.29 bits per heavy atom. The second kappa shape index (κ2) is 6.14. The normalized spacial score (nSPS) is 12.0. The number of carboxylic acid groups (broad SMARTS) is 1. The van der Waals surface area contributed by atoms with Gasteiger partial charge in [0.15, 0.2) is 11.8 Å². The van der Waals surface area contributed by atoms with Crippen LogP contribution in [-0.4, -0.2) is 44.9 Å². The highest BCUT2D eigenvalue weighted by molar-refractivity contribution is 6.04. The highest BCUT2D eigenvalue weighted by atomic mass is 16.4. The van der Waals surface area contributed by atoms with E-state index in [2.05, 4.69) is 15.5 Å². The van der Waals surface area contributed by atoms with Crippen LogP contribution in [-0.2, 0) is 4.79 Å². The van der Waals surface area contributed by atoms with Crippen molar-refractivity contribution in [3.63, 3.8) is 0 Å². The Labute approximate surface area is 118 Å². The largest absolute Gasteiger partial charge is 0.479 e. The molecule has 0 aliphatic rings. The summed E-state index contributed by atoms with van der Waals surface area (Å²) in [6, 6.07) is 6.51. The van der Waals surface area contributed by atoms with Crippen molar-refractivity contribution in [2.45, 2.75) is 12.5 Å². The van der Waals surface area contributed by atoms with Crippen LogP contribution in [0.25, 0.3) is 10.8 Å². The maximum absolute atomic E-state index is 12.0. The summed E-state index contributed by atoms with van der Waals surface area (Å²) in [5.74, 6) is -1.91. The number of carbonyl (C=O) groups excluding carboxylic acids is 1. The van der Waals surface area contributed by atoms with Gasteiger partial charge in [0.05, 0.1) is 5.39 Å². The zero-order valence-electron chi connectivity index (χ0n) is 10.9. The summed E-state index contributed by atoms with van der Waals surface area (Å²) >= 11 is 0. The number of rotatable bonds is 5. The minimum Gasteiger partial charge on any atom is -0.479 e. The Balaban J connectivity index is 2.15. The lowest BCUT2D eigenvalue weighted by Crippen LogP contribution is -2.31. The molecular formula is C13H13N3O5. The number of aliphatic hydroxyl groups is 1. The average molecular weight is 291 g/mol. The number of hydrogen-bond donors (Lipinski definition) is 4. The number of hydrogen-bond acceptors (Lipinski definition) is 5. The highest BCUT2D eigenvalue weighted by Gasteiger charge is 2.16. The van der Waals surface area contributed by atoms with Gasteiger partial charge >= 0.3 is 5.97 Å². The molecule has 0 aliphatic carbocycles. The molecule has 1 amide bonds. The van der Waals surface area contributed by atoms with Gasteiger partial charge < -0.3 is 15.5 Å². The fourth-order valence-electron chi connectivity index (χ4n) is 1.82. The Bertz CT molecular complexity index is 740. The molecule has 0 bridgehead atoms. The molecule has 0 aliphatic heterocycles. The van der Waals surface area contributed by atoms with Crippen molar-refractivity contribution in [2.75, 3.05) is 6.54 Å². The Hall–Kier alpha value is -2.74. The van der Waals surface area contributed by atoms with Crippen molar-refractivity contribution in [1.29, 1.82) is 0 Å². The predicted molar refractivity (Wildman–Crippen MR) is 73.0 cm³/mol. The minimum atomic E-state index is -1.54. The maximum Gasteiger partial charge on any atom is 0.332 e. The number of amides is 1. The van der Waals surface area contributed by atoms with E-state index in [1.807, 2.05) is 0 Å². The molecule has 0 saturated carbocycles. The van der Waals surface area contributed by atoms with E-state index in [4.69, 9.17) is 10.2 Å². The molecule has 0 fully saturated rings. The lowest BCUT2D eigenvalue weighted by molar-refractivity contribution is -0.146. The van der Waals surface area contributed by atoms with Gasteiger partial charge in [-0.25, -0.2) is 9.89 Å². The van der Waals surface area contributed by atoms with E-state index in [1.165, 1.54) is 0 Å². The van der Waals surface area contributed by atoms with Gasteiger partial charge in [0.25, 0.3) is 11.5 Å². The first-order valence-corrected chi connectivity index (χ1v) is 6.17. The molecular weight excluding hydrogens is 278 g/mol. The molecule has 2 rings (SSSR count). The number of aromatic nitrogens is 2. The van der Waals surface area contributed by atoms with Crippen LogP contribution >= 0.6 is 0 Å². The van der Waals surface area contributed by atoms with Gasteiger partial charge in [-0.2, -0.15) is 5.10 Å². The Morgan fingerprint density at radius 2 is 1.95 bits per heavy atom. The quantitative estimate of drug-likeness (QED) is 0.586. The summed E-state index contributed by atoms with van der Waals surface area (Å²) in [6.07, 6.45) is -1.66. The van der Waals surface area contributed by atoms with E-state index in [0.717, 1.165) is 0 Å². The molecule has 1 unspecified atom stereocenters. The predicted octanol–water partition coefficient (Wildman–Crippen LogP) is -0.511. The monoisotopic (exact) mass is 291 g/mol. The molecule has 1 aromatic heterocycles.